The lowest BCUT2D eigenvalue weighted by Gasteiger charge is -2.32. The van der Waals surface area contributed by atoms with Gasteiger partial charge in [-0.05, 0) is 93.9 Å². The van der Waals surface area contributed by atoms with Crippen molar-refractivity contribution >= 4 is 17.6 Å². The molecule has 0 fully saturated rings. The molecule has 0 aromatic heterocycles. The normalized spacial score (nSPS) is 14.5. The predicted octanol–water partition coefficient (Wildman–Crippen LogP) is 9.07. The molecule has 6 heteroatoms. The molecule has 2 aromatic rings. The summed E-state index contributed by atoms with van der Waals surface area (Å²) in [6.07, 6.45) is 9.38. The van der Waals surface area contributed by atoms with Crippen molar-refractivity contribution in [2.45, 2.75) is 91.8 Å². The average molecular weight is 615 g/mol. The second-order valence-corrected chi connectivity index (χ2v) is 12.5. The van der Waals surface area contributed by atoms with E-state index >= 15 is 4.39 Å². The highest BCUT2D eigenvalue weighted by atomic mass is 19.1. The van der Waals surface area contributed by atoms with Gasteiger partial charge in [0.2, 0.25) is 6.41 Å². The van der Waals surface area contributed by atoms with E-state index in [-0.39, 0.29) is 18.5 Å². The van der Waals surface area contributed by atoms with Crippen molar-refractivity contribution in [2.24, 2.45) is 0 Å². The van der Waals surface area contributed by atoms with E-state index in [2.05, 4.69) is 46.1 Å². The van der Waals surface area contributed by atoms with Crippen LogP contribution >= 0.6 is 0 Å². The molecule has 1 aliphatic rings. The number of halogens is 1. The van der Waals surface area contributed by atoms with E-state index < -0.39 is 5.60 Å². The van der Waals surface area contributed by atoms with Gasteiger partial charge in [-0.2, -0.15) is 0 Å². The Labute approximate surface area is 270 Å². The molecule has 1 unspecified atom stereocenters. The number of ether oxygens (including phenoxy) is 1. The molecule has 45 heavy (non-hydrogen) atoms. The molecule has 3 rings (SSSR count). The summed E-state index contributed by atoms with van der Waals surface area (Å²) >= 11 is 0. The molecular formula is C39H51FN2O3. The van der Waals surface area contributed by atoms with E-state index in [1.54, 1.807) is 18.0 Å². The van der Waals surface area contributed by atoms with E-state index in [9.17, 15) is 9.90 Å². The van der Waals surface area contributed by atoms with Crippen LogP contribution in [-0.2, 0) is 11.3 Å². The van der Waals surface area contributed by atoms with E-state index in [4.69, 9.17) is 4.74 Å². The van der Waals surface area contributed by atoms with Crippen LogP contribution in [0.15, 0.2) is 90.3 Å². The van der Waals surface area contributed by atoms with E-state index in [1.165, 1.54) is 0 Å². The van der Waals surface area contributed by atoms with Gasteiger partial charge < -0.3 is 19.6 Å². The first-order valence-electron chi connectivity index (χ1n) is 16.0. The Bertz CT molecular complexity index is 1470. The molecule has 242 valence electrons. The highest BCUT2D eigenvalue weighted by molar-refractivity contribution is 5.82. The number of aliphatic hydroxyl groups excluding tert-OH is 1. The van der Waals surface area contributed by atoms with Gasteiger partial charge in [-0.25, -0.2) is 4.39 Å². The van der Waals surface area contributed by atoms with E-state index in [1.807, 2.05) is 62.1 Å². The number of nitrogens with zero attached hydrogens (tertiary/aromatic N) is 2. The molecule has 0 spiro atoms. The van der Waals surface area contributed by atoms with Crippen LogP contribution in [0, 0.1) is 5.82 Å². The third-order valence-electron chi connectivity index (χ3n) is 8.52. The summed E-state index contributed by atoms with van der Waals surface area (Å²) in [5.41, 5.74) is 7.47. The number of carbonyl (C=O) groups is 1. The minimum absolute atomic E-state index is 0.0935. The van der Waals surface area contributed by atoms with Crippen LogP contribution in [0.25, 0.3) is 11.1 Å². The summed E-state index contributed by atoms with van der Waals surface area (Å²) in [7, 11) is 1.77. The fourth-order valence-electron chi connectivity index (χ4n) is 5.53. The smallest absolute Gasteiger partial charge is 0.209 e. The van der Waals surface area contributed by atoms with Gasteiger partial charge in [-0.3, -0.25) is 4.79 Å². The summed E-state index contributed by atoms with van der Waals surface area (Å²) in [6, 6.07) is 13.2. The molecule has 0 saturated heterocycles. The molecular weight excluding hydrogens is 563 g/mol. The topological polar surface area (TPSA) is 53.0 Å². The number of allylic oxidation sites excluding steroid dienone is 5. The number of aliphatic hydroxyl groups is 1. The van der Waals surface area contributed by atoms with Crippen LogP contribution in [0.4, 0.5) is 4.39 Å². The highest BCUT2D eigenvalue weighted by Gasteiger charge is 2.24. The monoisotopic (exact) mass is 614 g/mol. The third-order valence-corrected chi connectivity index (χ3v) is 8.52. The van der Waals surface area contributed by atoms with Gasteiger partial charge in [-0.1, -0.05) is 75.4 Å². The van der Waals surface area contributed by atoms with Gasteiger partial charge in [0.25, 0.3) is 0 Å². The quantitative estimate of drug-likeness (QED) is 0.151. The van der Waals surface area contributed by atoms with Crippen LogP contribution in [0.1, 0.15) is 90.3 Å². The zero-order chi connectivity index (χ0) is 33.3. The SMILES string of the molecule is C=C(CCC)N(Cc1ccc(C2=CCCC=C2C(C)N(C)C=O)cc1F)C(=C)/C(=C(\C)CC)c1ccc(OC(C)(C)CO)cc1. The molecule has 1 aliphatic carbocycles. The number of benzene rings is 2. The zero-order valence-corrected chi connectivity index (χ0v) is 28.3. The first-order valence-corrected chi connectivity index (χ1v) is 16.0. The van der Waals surface area contributed by atoms with Crippen molar-refractivity contribution in [3.8, 4) is 5.75 Å². The Balaban J connectivity index is 1.96. The van der Waals surface area contributed by atoms with Gasteiger partial charge >= 0.3 is 0 Å². The van der Waals surface area contributed by atoms with Gasteiger partial charge in [0.05, 0.1) is 19.2 Å². The summed E-state index contributed by atoms with van der Waals surface area (Å²) in [5, 5.41) is 9.61. The number of likely N-dealkylation sites (N-methyl/N-ethyl adjacent to an activating group) is 1. The van der Waals surface area contributed by atoms with Crippen LogP contribution in [0.5, 0.6) is 5.75 Å². The molecule has 1 atom stereocenters. The lowest BCUT2D eigenvalue weighted by atomic mass is 9.87. The van der Waals surface area contributed by atoms with Crippen LogP contribution in [0.2, 0.25) is 0 Å². The lowest BCUT2D eigenvalue weighted by molar-refractivity contribution is -0.117. The Kier molecular flexibility index (Phi) is 12.6. The van der Waals surface area contributed by atoms with Gasteiger partial charge in [0.1, 0.15) is 17.2 Å². The number of hydrogen-bond acceptors (Lipinski definition) is 4. The molecule has 0 radical (unpaired) electrons. The number of amides is 1. The van der Waals surface area contributed by atoms with Crippen molar-refractivity contribution in [1.82, 2.24) is 9.80 Å². The number of carbonyl (C=O) groups excluding carboxylic acids is 1. The second kappa shape index (κ2) is 15.9. The van der Waals surface area contributed by atoms with E-state index in [0.29, 0.717) is 17.9 Å². The van der Waals surface area contributed by atoms with Gasteiger partial charge in [-0.15, -0.1) is 0 Å². The highest BCUT2D eigenvalue weighted by Crippen LogP contribution is 2.36. The Morgan fingerprint density at radius 1 is 1.11 bits per heavy atom. The number of hydrogen-bond donors (Lipinski definition) is 1. The Morgan fingerprint density at radius 3 is 2.36 bits per heavy atom. The van der Waals surface area contributed by atoms with Crippen molar-refractivity contribution in [3.05, 3.63) is 113 Å². The molecule has 0 heterocycles. The summed E-state index contributed by atoms with van der Waals surface area (Å²) in [5.74, 6) is 0.382. The molecule has 1 N–H and O–H groups in total. The standard InChI is InChI=1S/C39H51FN2O3/c1-10-14-28(4)42(30(6)38(27(3)11-2)31-19-21-34(22-20-31)45-39(7,8)25-43)24-33-18-17-32(23-37(33)40)36-16-13-12-15-35(36)29(5)41(9)26-44/h15-23,26,29,43H,4,6,10-14,24-25H2,1-3,5,7-9H3/b38-27-. The maximum Gasteiger partial charge on any atom is 0.209 e. The zero-order valence-electron chi connectivity index (χ0n) is 28.3. The second-order valence-electron chi connectivity index (χ2n) is 12.5. The van der Waals surface area contributed by atoms with Crippen LogP contribution < -0.4 is 4.74 Å². The van der Waals surface area contributed by atoms with Gasteiger partial charge in [0.15, 0.2) is 0 Å². The maximum absolute atomic E-state index is 15.9. The lowest BCUT2D eigenvalue weighted by Crippen LogP contribution is -2.32. The molecule has 0 aliphatic heterocycles. The molecule has 2 aromatic carbocycles. The van der Waals surface area contributed by atoms with Crippen molar-refractivity contribution in [1.29, 1.82) is 0 Å². The largest absolute Gasteiger partial charge is 0.485 e. The Morgan fingerprint density at radius 2 is 1.78 bits per heavy atom. The minimum Gasteiger partial charge on any atom is -0.485 e. The van der Waals surface area contributed by atoms with Gasteiger partial charge in [0, 0.05) is 29.6 Å². The van der Waals surface area contributed by atoms with Crippen molar-refractivity contribution in [2.75, 3.05) is 13.7 Å². The fourth-order valence-corrected chi connectivity index (χ4v) is 5.53. The van der Waals surface area contributed by atoms with Crippen LogP contribution in [0.3, 0.4) is 0 Å². The average Bonchev–Trinajstić information content (AvgIpc) is 3.04. The predicted molar refractivity (Wildman–Crippen MR) is 185 cm³/mol. The molecule has 0 bridgehead atoms. The fraction of sp³-hybridized carbons (Fsp3) is 0.410. The molecule has 5 nitrogen and oxygen atoms in total. The van der Waals surface area contributed by atoms with E-state index in [0.717, 1.165) is 83.3 Å². The summed E-state index contributed by atoms with van der Waals surface area (Å²) < 4.78 is 21.9. The summed E-state index contributed by atoms with van der Waals surface area (Å²) in [4.78, 5) is 15.1. The summed E-state index contributed by atoms with van der Waals surface area (Å²) in [6.45, 7) is 21.1. The maximum atomic E-state index is 15.9. The first-order chi connectivity index (χ1) is 21.4. The molecule has 1 amide bonds. The third kappa shape index (κ3) is 8.85. The minimum atomic E-state index is -0.688. The Hall–Kier alpha value is -3.90. The van der Waals surface area contributed by atoms with Crippen LogP contribution in [-0.4, -0.2) is 46.6 Å². The molecule has 0 saturated carbocycles. The first kappa shape index (κ1) is 35.6. The number of rotatable bonds is 16. The van der Waals surface area contributed by atoms with Crippen molar-refractivity contribution in [3.63, 3.8) is 0 Å². The van der Waals surface area contributed by atoms with Crippen molar-refractivity contribution < 1.29 is 19.0 Å².